The third-order valence-electron chi connectivity index (χ3n) is 4.88. The monoisotopic (exact) mass is 328 g/mol. The molecule has 128 valence electrons. The van der Waals surface area contributed by atoms with E-state index in [2.05, 4.69) is 21.7 Å². The Bertz CT molecular complexity index is 649. The maximum atomic E-state index is 12.8. The van der Waals surface area contributed by atoms with Gasteiger partial charge in [0.25, 0.3) is 0 Å². The van der Waals surface area contributed by atoms with Crippen molar-refractivity contribution in [2.45, 2.75) is 6.04 Å². The van der Waals surface area contributed by atoms with Crippen LogP contribution in [-0.2, 0) is 9.59 Å². The molecule has 0 aromatic heterocycles. The van der Waals surface area contributed by atoms with Crippen LogP contribution in [0.3, 0.4) is 0 Å². The summed E-state index contributed by atoms with van der Waals surface area (Å²) >= 11 is 0. The molecule has 2 saturated heterocycles. The molecule has 3 N–H and O–H groups in total. The van der Waals surface area contributed by atoms with Crippen LogP contribution in [0.1, 0.15) is 5.56 Å². The first-order chi connectivity index (χ1) is 11.5. The van der Waals surface area contributed by atoms with Crippen LogP contribution >= 0.6 is 0 Å². The molecule has 6 nitrogen and oxygen atoms in total. The number of ketones is 1. The maximum absolute atomic E-state index is 12.8. The number of carbonyl (C=O) groups is 2. The second-order valence-corrected chi connectivity index (χ2v) is 6.62. The average Bonchev–Trinajstić information content (AvgIpc) is 2.58. The molecule has 2 heterocycles. The number of nitrogens with one attached hydrogen (secondary N) is 1. The Morgan fingerprint density at radius 3 is 2.50 bits per heavy atom. The first kappa shape index (κ1) is 16.7. The van der Waals surface area contributed by atoms with Gasteiger partial charge in [0.15, 0.2) is 5.78 Å². The summed E-state index contributed by atoms with van der Waals surface area (Å²) in [7, 11) is 2.03. The molecular weight excluding hydrogens is 304 g/mol. The Labute approximate surface area is 142 Å². The lowest BCUT2D eigenvalue weighted by atomic mass is 9.89. The predicted octanol–water partition coefficient (Wildman–Crippen LogP) is 0.0940. The quantitative estimate of drug-likeness (QED) is 0.749. The van der Waals surface area contributed by atoms with Gasteiger partial charge in [-0.2, -0.15) is 0 Å². The summed E-state index contributed by atoms with van der Waals surface area (Å²) < 4.78 is 0. The molecule has 0 bridgehead atoms. The minimum absolute atomic E-state index is 0.135. The van der Waals surface area contributed by atoms with E-state index in [1.54, 1.807) is 0 Å². The summed E-state index contributed by atoms with van der Waals surface area (Å²) in [6, 6.07) is 7.40. The second-order valence-electron chi connectivity index (χ2n) is 6.62. The van der Waals surface area contributed by atoms with E-state index < -0.39 is 5.91 Å². The Balaban J connectivity index is 1.76. The van der Waals surface area contributed by atoms with Crippen molar-refractivity contribution in [3.05, 3.63) is 36.4 Å². The molecule has 2 fully saturated rings. The lowest BCUT2D eigenvalue weighted by Gasteiger charge is -2.42. The summed E-state index contributed by atoms with van der Waals surface area (Å²) in [6.45, 7) is 7.71. The van der Waals surface area contributed by atoms with Gasteiger partial charge in [0.05, 0.1) is 0 Å². The molecule has 0 aliphatic carbocycles. The number of hydrogen-bond donors (Lipinski definition) is 2. The van der Waals surface area contributed by atoms with Gasteiger partial charge in [-0.25, -0.2) is 0 Å². The van der Waals surface area contributed by atoms with Crippen molar-refractivity contribution in [2.24, 2.45) is 11.7 Å². The number of rotatable bonds is 5. The van der Waals surface area contributed by atoms with E-state index in [-0.39, 0.29) is 12.0 Å². The number of benzene rings is 1. The Kier molecular flexibility index (Phi) is 4.69. The van der Waals surface area contributed by atoms with E-state index in [0.29, 0.717) is 23.5 Å². The number of nitrogens with two attached hydrogens (primary N) is 1. The standard InChI is InChI=1S/C18H24N4O2/c1-12(18(19)24)13-3-5-15(6-4-13)22-8-7-20-9-16(22)17(23)14-10-21(2)11-14/h3-6,14,16,20H,1,7-11H2,2H3,(H2,19,24). The molecule has 1 amide bonds. The molecule has 1 aromatic carbocycles. The minimum atomic E-state index is -0.521. The van der Waals surface area contributed by atoms with Crippen molar-refractivity contribution in [1.82, 2.24) is 10.2 Å². The van der Waals surface area contributed by atoms with Crippen molar-refractivity contribution >= 4 is 23.0 Å². The van der Waals surface area contributed by atoms with Crippen molar-refractivity contribution in [1.29, 1.82) is 0 Å². The highest BCUT2D eigenvalue weighted by Gasteiger charge is 2.38. The fourth-order valence-corrected chi connectivity index (χ4v) is 3.41. The molecule has 2 aliphatic heterocycles. The van der Waals surface area contributed by atoms with Crippen molar-refractivity contribution < 1.29 is 9.59 Å². The number of amides is 1. The van der Waals surface area contributed by atoms with Crippen LogP contribution in [0.4, 0.5) is 5.69 Å². The smallest absolute Gasteiger partial charge is 0.248 e. The van der Waals surface area contributed by atoms with Gasteiger partial charge in [0.2, 0.25) is 5.91 Å². The van der Waals surface area contributed by atoms with Gasteiger partial charge in [-0.15, -0.1) is 0 Å². The zero-order valence-corrected chi connectivity index (χ0v) is 14.0. The van der Waals surface area contributed by atoms with Gasteiger partial charge >= 0.3 is 0 Å². The van der Waals surface area contributed by atoms with Crippen LogP contribution in [0.2, 0.25) is 0 Å². The van der Waals surface area contributed by atoms with Gasteiger partial charge in [0, 0.05) is 49.9 Å². The largest absolute Gasteiger partial charge is 0.366 e. The van der Waals surface area contributed by atoms with Gasteiger partial charge in [-0.05, 0) is 24.7 Å². The van der Waals surface area contributed by atoms with Crippen molar-refractivity contribution in [3.63, 3.8) is 0 Å². The van der Waals surface area contributed by atoms with Crippen LogP contribution in [0.15, 0.2) is 30.8 Å². The molecule has 2 aliphatic rings. The molecule has 1 atom stereocenters. The van der Waals surface area contributed by atoms with Crippen LogP contribution in [-0.4, -0.2) is 62.4 Å². The van der Waals surface area contributed by atoms with Crippen LogP contribution < -0.4 is 16.0 Å². The number of piperazine rings is 1. The number of hydrogen-bond acceptors (Lipinski definition) is 5. The Hall–Kier alpha value is -2.18. The van der Waals surface area contributed by atoms with E-state index in [9.17, 15) is 9.59 Å². The zero-order chi connectivity index (χ0) is 17.3. The molecule has 6 heteroatoms. The number of primary amides is 1. The molecule has 1 aromatic rings. The number of nitrogens with zero attached hydrogens (tertiary/aromatic N) is 2. The third-order valence-corrected chi connectivity index (χ3v) is 4.88. The molecule has 1 unspecified atom stereocenters. The van der Waals surface area contributed by atoms with Crippen molar-refractivity contribution in [3.8, 4) is 0 Å². The topological polar surface area (TPSA) is 78.7 Å². The van der Waals surface area contributed by atoms with E-state index in [1.165, 1.54) is 0 Å². The van der Waals surface area contributed by atoms with Gasteiger partial charge in [-0.1, -0.05) is 18.7 Å². The fourth-order valence-electron chi connectivity index (χ4n) is 3.41. The van der Waals surface area contributed by atoms with E-state index >= 15 is 0 Å². The van der Waals surface area contributed by atoms with E-state index in [1.807, 2.05) is 31.3 Å². The number of likely N-dealkylation sites (tertiary alicyclic amines) is 1. The minimum Gasteiger partial charge on any atom is -0.366 e. The van der Waals surface area contributed by atoms with Crippen molar-refractivity contribution in [2.75, 3.05) is 44.7 Å². The molecule has 0 spiro atoms. The molecule has 0 radical (unpaired) electrons. The highest BCUT2D eigenvalue weighted by atomic mass is 16.1. The van der Waals surface area contributed by atoms with E-state index in [0.717, 1.165) is 31.9 Å². The zero-order valence-electron chi connectivity index (χ0n) is 14.0. The number of Topliss-reactive ketones (excluding diaryl/α,β-unsaturated/α-hetero) is 1. The summed E-state index contributed by atoms with van der Waals surface area (Å²) in [5.74, 6) is -0.0747. The van der Waals surface area contributed by atoms with Crippen LogP contribution in [0, 0.1) is 5.92 Å². The summed E-state index contributed by atoms with van der Waals surface area (Å²) in [5, 5.41) is 3.32. The molecule has 24 heavy (non-hydrogen) atoms. The maximum Gasteiger partial charge on any atom is 0.248 e. The Morgan fingerprint density at radius 2 is 1.92 bits per heavy atom. The third kappa shape index (κ3) is 3.20. The summed E-state index contributed by atoms with van der Waals surface area (Å²) in [4.78, 5) is 28.3. The Morgan fingerprint density at radius 1 is 1.25 bits per heavy atom. The summed E-state index contributed by atoms with van der Waals surface area (Å²) in [6.07, 6.45) is 0. The number of carbonyl (C=O) groups excluding carboxylic acids is 2. The predicted molar refractivity (Wildman–Crippen MR) is 94.7 cm³/mol. The van der Waals surface area contributed by atoms with Gasteiger partial charge in [0.1, 0.15) is 6.04 Å². The average molecular weight is 328 g/mol. The fraction of sp³-hybridized carbons (Fsp3) is 0.444. The van der Waals surface area contributed by atoms with E-state index in [4.69, 9.17) is 5.73 Å². The highest BCUT2D eigenvalue weighted by molar-refractivity contribution is 6.17. The normalized spacial score (nSPS) is 22.0. The first-order valence-electron chi connectivity index (χ1n) is 8.26. The SMILES string of the molecule is C=C(C(N)=O)c1ccc(N2CCNCC2C(=O)C2CN(C)C2)cc1. The molecule has 0 saturated carbocycles. The first-order valence-corrected chi connectivity index (χ1v) is 8.26. The van der Waals surface area contributed by atoms with Crippen LogP contribution in [0.25, 0.3) is 5.57 Å². The molecular formula is C18H24N4O2. The lowest BCUT2D eigenvalue weighted by molar-refractivity contribution is -0.128. The molecule has 3 rings (SSSR count). The van der Waals surface area contributed by atoms with Gasteiger partial charge < -0.3 is 20.9 Å². The summed E-state index contributed by atoms with van der Waals surface area (Å²) in [5.41, 5.74) is 7.27. The van der Waals surface area contributed by atoms with Gasteiger partial charge in [-0.3, -0.25) is 9.59 Å². The highest BCUT2D eigenvalue weighted by Crippen LogP contribution is 2.25. The van der Waals surface area contributed by atoms with Crippen LogP contribution in [0.5, 0.6) is 0 Å². The second kappa shape index (κ2) is 6.75. The lowest BCUT2D eigenvalue weighted by Crippen LogP contribution is -2.60. The number of anilines is 1.